The molecule has 10 heteroatoms. The zero-order valence-electron chi connectivity index (χ0n) is 17.3. The van der Waals surface area contributed by atoms with Crippen LogP contribution in [0.3, 0.4) is 0 Å². The Hall–Kier alpha value is -3.11. The second-order valence-corrected chi connectivity index (χ2v) is 8.78. The number of carbonyl (C=O) groups is 2. The first-order valence-corrected chi connectivity index (χ1v) is 11.2. The number of anilines is 1. The zero-order valence-corrected chi connectivity index (χ0v) is 18.1. The molecule has 166 valence electrons. The number of hydrogen-bond donors (Lipinski definition) is 3. The minimum atomic E-state index is -3.78. The second kappa shape index (κ2) is 9.80. The SMILES string of the molecule is COc1ccc(S(=O)(=O)NCCNC(=O)c2ccc(NC(=O)C3CC3)cc2)cc1OC. The van der Waals surface area contributed by atoms with Crippen LogP contribution in [0.15, 0.2) is 47.4 Å². The monoisotopic (exact) mass is 447 g/mol. The summed E-state index contributed by atoms with van der Waals surface area (Å²) in [5.41, 5.74) is 1.04. The summed E-state index contributed by atoms with van der Waals surface area (Å²) in [6.45, 7) is 0.115. The largest absolute Gasteiger partial charge is 0.493 e. The molecule has 1 saturated carbocycles. The summed E-state index contributed by atoms with van der Waals surface area (Å²) in [6.07, 6.45) is 1.84. The molecule has 2 aromatic carbocycles. The van der Waals surface area contributed by atoms with Gasteiger partial charge in [0.2, 0.25) is 15.9 Å². The predicted molar refractivity (Wildman–Crippen MR) is 115 cm³/mol. The predicted octanol–water partition coefficient (Wildman–Crippen LogP) is 1.76. The highest BCUT2D eigenvalue weighted by molar-refractivity contribution is 7.89. The van der Waals surface area contributed by atoms with Crippen molar-refractivity contribution in [2.24, 2.45) is 5.92 Å². The van der Waals surface area contributed by atoms with Crippen LogP contribution in [0.1, 0.15) is 23.2 Å². The number of amides is 2. The van der Waals surface area contributed by atoms with Gasteiger partial charge in [0.1, 0.15) is 0 Å². The maximum absolute atomic E-state index is 12.4. The van der Waals surface area contributed by atoms with Crippen LogP contribution in [-0.4, -0.2) is 47.5 Å². The van der Waals surface area contributed by atoms with Crippen molar-refractivity contribution in [2.45, 2.75) is 17.7 Å². The third-order valence-corrected chi connectivity index (χ3v) is 6.19. The van der Waals surface area contributed by atoms with E-state index < -0.39 is 10.0 Å². The molecule has 0 saturated heterocycles. The number of sulfonamides is 1. The summed E-state index contributed by atoms with van der Waals surface area (Å²) in [4.78, 5) is 24.0. The maximum Gasteiger partial charge on any atom is 0.251 e. The fraction of sp³-hybridized carbons (Fsp3) is 0.333. The molecule has 0 unspecified atom stereocenters. The Morgan fingerprint density at radius 1 is 0.968 bits per heavy atom. The van der Waals surface area contributed by atoms with Crippen LogP contribution >= 0.6 is 0 Å². The fourth-order valence-corrected chi connectivity index (χ4v) is 3.87. The number of rotatable bonds is 10. The molecule has 1 fully saturated rings. The first kappa shape index (κ1) is 22.6. The minimum Gasteiger partial charge on any atom is -0.493 e. The summed E-state index contributed by atoms with van der Waals surface area (Å²) in [7, 11) is -0.892. The molecule has 0 heterocycles. The Balaban J connectivity index is 1.48. The lowest BCUT2D eigenvalue weighted by Gasteiger charge is -2.11. The molecule has 0 aromatic heterocycles. The standard InChI is InChI=1S/C21H25N3O6S/c1-29-18-10-9-17(13-19(18)30-2)31(27,28)23-12-11-22-20(25)14-5-7-16(8-6-14)24-21(26)15-3-4-15/h5-10,13,15,23H,3-4,11-12H2,1-2H3,(H,22,25)(H,24,26). The lowest BCUT2D eigenvalue weighted by molar-refractivity contribution is -0.117. The third kappa shape index (κ3) is 5.96. The van der Waals surface area contributed by atoms with E-state index >= 15 is 0 Å². The average molecular weight is 448 g/mol. The summed E-state index contributed by atoms with van der Waals surface area (Å²) >= 11 is 0. The van der Waals surface area contributed by atoms with Crippen LogP contribution < -0.4 is 24.8 Å². The van der Waals surface area contributed by atoms with Gasteiger partial charge in [-0.25, -0.2) is 13.1 Å². The Morgan fingerprint density at radius 3 is 2.26 bits per heavy atom. The van der Waals surface area contributed by atoms with Crippen molar-refractivity contribution in [2.75, 3.05) is 32.6 Å². The zero-order chi connectivity index (χ0) is 22.4. The van der Waals surface area contributed by atoms with E-state index in [9.17, 15) is 18.0 Å². The number of nitrogens with one attached hydrogen (secondary N) is 3. The molecule has 2 aromatic rings. The van der Waals surface area contributed by atoms with Gasteiger partial charge in [0, 0.05) is 36.3 Å². The first-order chi connectivity index (χ1) is 14.8. The molecule has 31 heavy (non-hydrogen) atoms. The molecule has 1 aliphatic carbocycles. The van der Waals surface area contributed by atoms with Crippen molar-refractivity contribution < 1.29 is 27.5 Å². The van der Waals surface area contributed by atoms with Gasteiger partial charge in [-0.05, 0) is 49.2 Å². The second-order valence-electron chi connectivity index (χ2n) is 7.01. The molecular formula is C21H25N3O6S. The number of methoxy groups -OCH3 is 2. The molecule has 0 radical (unpaired) electrons. The van der Waals surface area contributed by atoms with E-state index in [1.165, 1.54) is 32.4 Å². The highest BCUT2D eigenvalue weighted by atomic mass is 32.2. The van der Waals surface area contributed by atoms with Crippen molar-refractivity contribution in [1.29, 1.82) is 0 Å². The Labute approximate surface area is 181 Å². The van der Waals surface area contributed by atoms with E-state index in [1.807, 2.05) is 0 Å². The smallest absolute Gasteiger partial charge is 0.251 e. The summed E-state index contributed by atoms with van der Waals surface area (Å²) in [5, 5.41) is 5.46. The maximum atomic E-state index is 12.4. The highest BCUT2D eigenvalue weighted by Gasteiger charge is 2.29. The average Bonchev–Trinajstić information content (AvgIpc) is 3.62. The third-order valence-electron chi connectivity index (χ3n) is 4.73. The van der Waals surface area contributed by atoms with Gasteiger partial charge in [0.15, 0.2) is 11.5 Å². The lowest BCUT2D eigenvalue weighted by Crippen LogP contribution is -2.34. The molecule has 0 atom stereocenters. The Kier molecular flexibility index (Phi) is 7.13. The quantitative estimate of drug-likeness (QED) is 0.477. The van der Waals surface area contributed by atoms with Crippen molar-refractivity contribution in [3.8, 4) is 11.5 Å². The normalized spacial score (nSPS) is 13.4. The fourth-order valence-electron chi connectivity index (χ4n) is 2.83. The summed E-state index contributed by atoms with van der Waals surface area (Å²) in [5.74, 6) is 0.484. The Morgan fingerprint density at radius 2 is 1.65 bits per heavy atom. The molecule has 2 amide bonds. The lowest BCUT2D eigenvalue weighted by atomic mass is 10.2. The van der Waals surface area contributed by atoms with E-state index in [4.69, 9.17) is 9.47 Å². The summed E-state index contributed by atoms with van der Waals surface area (Å²) in [6, 6.07) is 10.8. The van der Waals surface area contributed by atoms with Gasteiger partial charge in [-0.1, -0.05) is 0 Å². The van der Waals surface area contributed by atoms with Crippen molar-refractivity contribution in [3.63, 3.8) is 0 Å². The molecule has 0 bridgehead atoms. The number of ether oxygens (including phenoxy) is 2. The van der Waals surface area contributed by atoms with Crippen LogP contribution in [-0.2, 0) is 14.8 Å². The molecule has 9 nitrogen and oxygen atoms in total. The van der Waals surface area contributed by atoms with Crippen molar-refractivity contribution in [1.82, 2.24) is 10.0 Å². The van der Waals surface area contributed by atoms with Gasteiger partial charge in [-0.2, -0.15) is 0 Å². The number of benzene rings is 2. The molecule has 0 aliphatic heterocycles. The molecule has 3 N–H and O–H groups in total. The minimum absolute atomic E-state index is 0.000958. The van der Waals surface area contributed by atoms with Crippen LogP contribution in [0.4, 0.5) is 5.69 Å². The van der Waals surface area contributed by atoms with Gasteiger partial charge in [-0.3, -0.25) is 9.59 Å². The van der Waals surface area contributed by atoms with Gasteiger partial charge in [0.05, 0.1) is 19.1 Å². The number of carbonyl (C=O) groups excluding carboxylic acids is 2. The van der Waals surface area contributed by atoms with E-state index in [2.05, 4.69) is 15.4 Å². The molecular weight excluding hydrogens is 422 g/mol. The van der Waals surface area contributed by atoms with Crippen molar-refractivity contribution in [3.05, 3.63) is 48.0 Å². The van der Waals surface area contributed by atoms with E-state index in [0.29, 0.717) is 22.7 Å². The van der Waals surface area contributed by atoms with E-state index in [-0.39, 0.29) is 35.7 Å². The number of hydrogen-bond acceptors (Lipinski definition) is 6. The van der Waals surface area contributed by atoms with Crippen LogP contribution in [0.5, 0.6) is 11.5 Å². The van der Waals surface area contributed by atoms with Gasteiger partial charge in [0.25, 0.3) is 5.91 Å². The van der Waals surface area contributed by atoms with Crippen LogP contribution in [0, 0.1) is 5.92 Å². The van der Waals surface area contributed by atoms with Crippen LogP contribution in [0.2, 0.25) is 0 Å². The topological polar surface area (TPSA) is 123 Å². The molecule has 0 spiro atoms. The van der Waals surface area contributed by atoms with Gasteiger partial charge >= 0.3 is 0 Å². The van der Waals surface area contributed by atoms with E-state index in [1.54, 1.807) is 24.3 Å². The van der Waals surface area contributed by atoms with Gasteiger partial charge in [-0.15, -0.1) is 0 Å². The highest BCUT2D eigenvalue weighted by Crippen LogP contribution is 2.30. The van der Waals surface area contributed by atoms with E-state index in [0.717, 1.165) is 12.8 Å². The van der Waals surface area contributed by atoms with Crippen molar-refractivity contribution >= 4 is 27.5 Å². The summed E-state index contributed by atoms with van der Waals surface area (Å²) < 4.78 is 37.5. The Bertz CT molecular complexity index is 1050. The van der Waals surface area contributed by atoms with Crippen LogP contribution in [0.25, 0.3) is 0 Å². The first-order valence-electron chi connectivity index (χ1n) is 9.75. The molecule has 3 rings (SSSR count). The molecule has 1 aliphatic rings. The van der Waals surface area contributed by atoms with Gasteiger partial charge < -0.3 is 20.1 Å².